The van der Waals surface area contributed by atoms with Gasteiger partial charge in [0.1, 0.15) is 5.60 Å². The smallest absolute Gasteiger partial charge is 0.256 e. The normalized spacial score (nSPS) is 24.8. The zero-order valence-electron chi connectivity index (χ0n) is 13.9. The summed E-state index contributed by atoms with van der Waals surface area (Å²) in [6, 6.07) is 3.57. The Balaban J connectivity index is 2.18. The fourth-order valence-corrected chi connectivity index (χ4v) is 3.20. The Hall–Kier alpha value is -1.62. The van der Waals surface area contributed by atoms with Crippen LogP contribution in [-0.2, 0) is 9.53 Å². The van der Waals surface area contributed by atoms with E-state index in [1.54, 1.807) is 13.2 Å². The van der Waals surface area contributed by atoms with Gasteiger partial charge in [-0.2, -0.15) is 0 Å². The van der Waals surface area contributed by atoms with Gasteiger partial charge < -0.3 is 14.8 Å². The molecule has 5 nitrogen and oxygen atoms in total. The highest BCUT2D eigenvalue weighted by Gasteiger charge is 2.42. The Morgan fingerprint density at radius 2 is 2.27 bits per heavy atom. The van der Waals surface area contributed by atoms with Crippen molar-refractivity contribution in [3.05, 3.63) is 17.8 Å². The lowest BCUT2D eigenvalue weighted by Crippen LogP contribution is -2.48. The van der Waals surface area contributed by atoms with E-state index in [1.807, 2.05) is 19.9 Å². The molecular formula is C17H26N2O3. The van der Waals surface area contributed by atoms with Gasteiger partial charge in [0.25, 0.3) is 5.91 Å². The molecule has 0 bridgehead atoms. The molecule has 1 aliphatic rings. The summed E-state index contributed by atoms with van der Waals surface area (Å²) in [7, 11) is 1.58. The first kappa shape index (κ1) is 16.7. The number of rotatable bonds is 5. The van der Waals surface area contributed by atoms with Crippen LogP contribution >= 0.6 is 0 Å². The number of ether oxygens (including phenoxy) is 2. The molecule has 1 aromatic heterocycles. The van der Waals surface area contributed by atoms with E-state index in [9.17, 15) is 4.79 Å². The molecule has 1 saturated carbocycles. The van der Waals surface area contributed by atoms with Crippen LogP contribution in [0, 0.1) is 12.8 Å². The number of aryl methyl sites for hydroxylation is 1. The van der Waals surface area contributed by atoms with E-state index < -0.39 is 5.60 Å². The highest BCUT2D eigenvalue weighted by Crippen LogP contribution is 2.36. The van der Waals surface area contributed by atoms with Crippen molar-refractivity contribution in [1.82, 2.24) is 4.98 Å². The number of anilines is 1. The molecule has 1 N–H and O–H groups in total. The third-order valence-electron chi connectivity index (χ3n) is 4.31. The number of carbonyl (C=O) groups is 1. The van der Waals surface area contributed by atoms with Gasteiger partial charge in [-0.05, 0) is 45.1 Å². The van der Waals surface area contributed by atoms with E-state index in [2.05, 4.69) is 17.2 Å². The third kappa shape index (κ3) is 3.58. The van der Waals surface area contributed by atoms with Crippen LogP contribution in [0.25, 0.3) is 0 Å². The van der Waals surface area contributed by atoms with Gasteiger partial charge in [-0.15, -0.1) is 0 Å². The molecule has 0 radical (unpaired) electrons. The summed E-state index contributed by atoms with van der Waals surface area (Å²) in [6.45, 7) is 6.52. The molecule has 0 aliphatic heterocycles. The molecule has 2 unspecified atom stereocenters. The highest BCUT2D eigenvalue weighted by molar-refractivity contribution is 5.97. The van der Waals surface area contributed by atoms with E-state index in [-0.39, 0.29) is 5.91 Å². The first-order valence-corrected chi connectivity index (χ1v) is 7.98. The van der Waals surface area contributed by atoms with Crippen LogP contribution in [-0.4, -0.2) is 30.2 Å². The summed E-state index contributed by atoms with van der Waals surface area (Å²) in [4.78, 5) is 17.1. The van der Waals surface area contributed by atoms with E-state index >= 15 is 0 Å². The van der Waals surface area contributed by atoms with E-state index in [1.165, 1.54) is 0 Å². The van der Waals surface area contributed by atoms with E-state index in [0.717, 1.165) is 31.4 Å². The summed E-state index contributed by atoms with van der Waals surface area (Å²) in [5.41, 5.74) is 0.741. The average molecular weight is 306 g/mol. The molecule has 1 aromatic rings. The van der Waals surface area contributed by atoms with Crippen LogP contribution in [0.1, 0.15) is 45.2 Å². The predicted octanol–water partition coefficient (Wildman–Crippen LogP) is 3.32. The van der Waals surface area contributed by atoms with Gasteiger partial charge in [0.15, 0.2) is 0 Å². The molecule has 1 heterocycles. The molecule has 1 fully saturated rings. The summed E-state index contributed by atoms with van der Waals surface area (Å²) in [5, 5.41) is 3.00. The van der Waals surface area contributed by atoms with Crippen molar-refractivity contribution in [2.45, 2.75) is 52.1 Å². The summed E-state index contributed by atoms with van der Waals surface area (Å²) in [5.74, 6) is 0.985. The van der Waals surface area contributed by atoms with Crippen molar-refractivity contribution in [2.24, 2.45) is 5.92 Å². The van der Waals surface area contributed by atoms with Crippen LogP contribution in [0.3, 0.4) is 0 Å². The second kappa shape index (κ2) is 7.09. The van der Waals surface area contributed by atoms with Crippen LogP contribution < -0.4 is 10.1 Å². The zero-order valence-corrected chi connectivity index (χ0v) is 13.9. The molecule has 1 aliphatic carbocycles. The fraction of sp³-hybridized carbons (Fsp3) is 0.647. The lowest BCUT2D eigenvalue weighted by atomic mass is 9.78. The largest absolute Gasteiger partial charge is 0.481 e. The molecule has 5 heteroatoms. The quantitative estimate of drug-likeness (QED) is 0.906. The molecule has 0 spiro atoms. The predicted molar refractivity (Wildman–Crippen MR) is 86.1 cm³/mol. The number of amides is 1. The summed E-state index contributed by atoms with van der Waals surface area (Å²) >= 11 is 0. The number of pyridine rings is 1. The molecular weight excluding hydrogens is 280 g/mol. The van der Waals surface area contributed by atoms with Gasteiger partial charge in [0, 0.05) is 12.7 Å². The van der Waals surface area contributed by atoms with Crippen molar-refractivity contribution >= 4 is 11.6 Å². The first-order valence-electron chi connectivity index (χ1n) is 7.98. The van der Waals surface area contributed by atoms with E-state index in [0.29, 0.717) is 24.1 Å². The van der Waals surface area contributed by atoms with Crippen molar-refractivity contribution in [3.63, 3.8) is 0 Å². The fourth-order valence-electron chi connectivity index (χ4n) is 3.20. The number of methoxy groups -OCH3 is 1. The zero-order chi connectivity index (χ0) is 16.2. The number of nitrogens with one attached hydrogen (secondary N) is 1. The monoisotopic (exact) mass is 306 g/mol. The number of nitrogens with zero attached hydrogens (tertiary/aromatic N) is 1. The second-order valence-corrected chi connectivity index (χ2v) is 6.07. The lowest BCUT2D eigenvalue weighted by Gasteiger charge is -2.38. The Kier molecular flexibility index (Phi) is 5.40. The van der Waals surface area contributed by atoms with Gasteiger partial charge in [0.2, 0.25) is 5.88 Å². The molecule has 1 amide bonds. The topological polar surface area (TPSA) is 60.5 Å². The van der Waals surface area contributed by atoms with Gasteiger partial charge in [0.05, 0.1) is 18.5 Å². The Labute approximate surface area is 132 Å². The van der Waals surface area contributed by atoms with E-state index in [4.69, 9.17) is 9.47 Å². The molecule has 22 heavy (non-hydrogen) atoms. The van der Waals surface area contributed by atoms with Gasteiger partial charge in [-0.3, -0.25) is 4.79 Å². The first-order chi connectivity index (χ1) is 10.5. The third-order valence-corrected chi connectivity index (χ3v) is 4.31. The number of hydrogen-bond acceptors (Lipinski definition) is 4. The number of aromatic nitrogens is 1. The standard InChI is InChI=1S/C17H26N2O3/c1-5-22-17(10-6-7-12(2)11-17)16(20)19-14-8-9-15(21-4)18-13(14)3/h8-9,12H,5-7,10-11H2,1-4H3,(H,19,20). The van der Waals surface area contributed by atoms with Crippen molar-refractivity contribution < 1.29 is 14.3 Å². The Bertz CT molecular complexity index is 529. The highest BCUT2D eigenvalue weighted by atomic mass is 16.5. The van der Waals surface area contributed by atoms with Crippen molar-refractivity contribution in [1.29, 1.82) is 0 Å². The van der Waals surface area contributed by atoms with Gasteiger partial charge in [-0.1, -0.05) is 13.3 Å². The molecule has 2 atom stereocenters. The summed E-state index contributed by atoms with van der Waals surface area (Å²) in [6.07, 6.45) is 3.73. The molecule has 0 saturated heterocycles. The van der Waals surface area contributed by atoms with Crippen LogP contribution in [0.15, 0.2) is 12.1 Å². The van der Waals surface area contributed by atoms with Crippen molar-refractivity contribution in [2.75, 3.05) is 19.0 Å². The van der Waals surface area contributed by atoms with Crippen molar-refractivity contribution in [3.8, 4) is 5.88 Å². The number of hydrogen-bond donors (Lipinski definition) is 1. The summed E-state index contributed by atoms with van der Waals surface area (Å²) < 4.78 is 11.0. The second-order valence-electron chi connectivity index (χ2n) is 6.07. The lowest BCUT2D eigenvalue weighted by molar-refractivity contribution is -0.147. The van der Waals surface area contributed by atoms with Gasteiger partial charge in [-0.25, -0.2) is 4.98 Å². The molecule has 122 valence electrons. The SMILES string of the molecule is CCOC1(C(=O)Nc2ccc(OC)nc2C)CCCC(C)C1. The molecule has 0 aromatic carbocycles. The minimum Gasteiger partial charge on any atom is -0.481 e. The Morgan fingerprint density at radius 1 is 1.50 bits per heavy atom. The average Bonchev–Trinajstić information content (AvgIpc) is 2.49. The minimum atomic E-state index is -0.710. The Morgan fingerprint density at radius 3 is 2.86 bits per heavy atom. The van der Waals surface area contributed by atoms with Gasteiger partial charge >= 0.3 is 0 Å². The molecule has 2 rings (SSSR count). The maximum atomic E-state index is 12.8. The number of carbonyl (C=O) groups excluding carboxylic acids is 1. The maximum Gasteiger partial charge on any atom is 0.256 e. The van der Waals surface area contributed by atoms with Crippen LogP contribution in [0.5, 0.6) is 5.88 Å². The minimum absolute atomic E-state index is 0.0593. The maximum absolute atomic E-state index is 12.8. The van der Waals surface area contributed by atoms with Crippen LogP contribution in [0.4, 0.5) is 5.69 Å². The van der Waals surface area contributed by atoms with Crippen LogP contribution in [0.2, 0.25) is 0 Å².